The van der Waals surface area contributed by atoms with Gasteiger partial charge < -0.3 is 0 Å². The molecule has 8 aromatic rings. The number of fused-ring (bicyclic) bond motifs is 6. The Bertz CT molecular complexity index is 2040. The van der Waals surface area contributed by atoms with Crippen LogP contribution in [0.2, 0.25) is 0 Å². The van der Waals surface area contributed by atoms with Crippen molar-refractivity contribution < 1.29 is 0 Å². The summed E-state index contributed by atoms with van der Waals surface area (Å²) >= 11 is 0. The number of aromatic nitrogens is 2. The van der Waals surface area contributed by atoms with Crippen molar-refractivity contribution in [2.75, 3.05) is 0 Å². The summed E-state index contributed by atoms with van der Waals surface area (Å²) in [5.74, 6) is 0. The fourth-order valence-corrected chi connectivity index (χ4v) is 5.90. The van der Waals surface area contributed by atoms with Gasteiger partial charge in [0.15, 0.2) is 0 Å². The van der Waals surface area contributed by atoms with E-state index in [1.165, 1.54) is 21.5 Å². The topological polar surface area (TPSA) is 25.8 Å². The Morgan fingerprint density at radius 2 is 0.725 bits per heavy atom. The van der Waals surface area contributed by atoms with Crippen molar-refractivity contribution in [2.24, 2.45) is 0 Å². The summed E-state index contributed by atoms with van der Waals surface area (Å²) in [5.41, 5.74) is 8.23. The third-order valence-corrected chi connectivity index (χ3v) is 7.83. The zero-order valence-electron chi connectivity index (χ0n) is 21.8. The number of pyridine rings is 2. The van der Waals surface area contributed by atoms with E-state index in [2.05, 4.69) is 146 Å². The molecule has 0 fully saturated rings. The minimum absolute atomic E-state index is 0.960. The van der Waals surface area contributed by atoms with Crippen LogP contribution in [-0.2, 0) is 0 Å². The molecule has 0 radical (unpaired) electrons. The molecule has 0 aliphatic carbocycles. The molecule has 0 saturated carbocycles. The van der Waals surface area contributed by atoms with E-state index >= 15 is 0 Å². The van der Waals surface area contributed by atoms with Crippen LogP contribution < -0.4 is 0 Å². The van der Waals surface area contributed by atoms with E-state index in [0.29, 0.717) is 0 Å². The van der Waals surface area contributed by atoms with Gasteiger partial charge in [-0.2, -0.15) is 0 Å². The largest absolute Gasteiger partial charge is 0.247 e. The summed E-state index contributed by atoms with van der Waals surface area (Å²) in [5, 5.41) is 7.11. The maximum atomic E-state index is 5.32. The molecular weight excluding hydrogens is 484 g/mol. The van der Waals surface area contributed by atoms with Crippen molar-refractivity contribution in [2.45, 2.75) is 0 Å². The SMILES string of the molecule is c1ccc(-c2nc3ccc4ccccc4c3cc2-c2cc3c(ccc4ccccc43)nc2-c2ccccc2)cc1. The predicted octanol–water partition coefficient (Wildman–Crippen LogP) is 10.1. The molecule has 0 N–H and O–H groups in total. The van der Waals surface area contributed by atoms with Gasteiger partial charge in [0.1, 0.15) is 0 Å². The van der Waals surface area contributed by atoms with Gasteiger partial charge in [0.2, 0.25) is 0 Å². The summed E-state index contributed by atoms with van der Waals surface area (Å²) in [6, 6.07) is 51.3. The number of nitrogens with zero attached hydrogens (tertiary/aromatic N) is 2. The summed E-state index contributed by atoms with van der Waals surface area (Å²) in [4.78, 5) is 10.6. The molecule has 2 heterocycles. The number of hydrogen-bond acceptors (Lipinski definition) is 2. The fraction of sp³-hybridized carbons (Fsp3) is 0. The second-order valence-electron chi connectivity index (χ2n) is 10.2. The molecule has 0 atom stereocenters. The maximum absolute atomic E-state index is 5.32. The number of hydrogen-bond donors (Lipinski definition) is 0. The van der Waals surface area contributed by atoms with Gasteiger partial charge in [-0.25, -0.2) is 9.97 Å². The molecule has 0 aliphatic heterocycles. The lowest BCUT2D eigenvalue weighted by Crippen LogP contribution is -1.97. The van der Waals surface area contributed by atoms with Gasteiger partial charge >= 0.3 is 0 Å². The Morgan fingerprint density at radius 3 is 1.18 bits per heavy atom. The zero-order valence-corrected chi connectivity index (χ0v) is 21.8. The molecule has 0 amide bonds. The standard InChI is InChI=1S/C38H24N2/c1-3-13-27(14-4-1)37-33(23-31-29-17-9-7-11-25(29)19-21-35(31)39-37)34-24-32-30-18-10-8-12-26(30)20-22-36(32)40-38(34)28-15-5-2-6-16-28/h1-24H. The van der Waals surface area contributed by atoms with Crippen LogP contribution in [0.5, 0.6) is 0 Å². The van der Waals surface area contributed by atoms with Gasteiger partial charge in [0.05, 0.1) is 22.4 Å². The lowest BCUT2D eigenvalue weighted by Gasteiger charge is -2.17. The Morgan fingerprint density at radius 1 is 0.325 bits per heavy atom. The van der Waals surface area contributed by atoms with E-state index in [-0.39, 0.29) is 0 Å². The number of benzene rings is 6. The highest BCUT2D eigenvalue weighted by atomic mass is 14.7. The van der Waals surface area contributed by atoms with Gasteiger partial charge in [0, 0.05) is 33.0 Å². The van der Waals surface area contributed by atoms with Gasteiger partial charge in [-0.3, -0.25) is 0 Å². The average molecular weight is 509 g/mol. The molecule has 0 bridgehead atoms. The molecule has 40 heavy (non-hydrogen) atoms. The summed E-state index contributed by atoms with van der Waals surface area (Å²) in [6.45, 7) is 0. The van der Waals surface area contributed by atoms with Crippen LogP contribution in [0.4, 0.5) is 0 Å². The first-order valence-corrected chi connectivity index (χ1v) is 13.6. The fourth-order valence-electron chi connectivity index (χ4n) is 5.90. The lowest BCUT2D eigenvalue weighted by molar-refractivity contribution is 1.37. The van der Waals surface area contributed by atoms with Crippen molar-refractivity contribution >= 4 is 43.4 Å². The van der Waals surface area contributed by atoms with Crippen molar-refractivity contribution in [1.29, 1.82) is 0 Å². The van der Waals surface area contributed by atoms with Crippen LogP contribution in [-0.4, -0.2) is 9.97 Å². The van der Waals surface area contributed by atoms with Crippen molar-refractivity contribution in [3.63, 3.8) is 0 Å². The van der Waals surface area contributed by atoms with E-state index in [1.54, 1.807) is 0 Å². The molecule has 2 heteroatoms. The zero-order chi connectivity index (χ0) is 26.5. The van der Waals surface area contributed by atoms with Gasteiger partial charge in [-0.1, -0.05) is 121 Å². The molecule has 0 aliphatic rings. The predicted molar refractivity (Wildman–Crippen MR) is 168 cm³/mol. The maximum Gasteiger partial charge on any atom is 0.0788 e. The van der Waals surface area contributed by atoms with Crippen LogP contribution >= 0.6 is 0 Å². The molecule has 2 aromatic heterocycles. The van der Waals surface area contributed by atoms with Gasteiger partial charge in [-0.05, 0) is 45.8 Å². The molecule has 0 saturated heterocycles. The van der Waals surface area contributed by atoms with Crippen LogP contribution in [0.3, 0.4) is 0 Å². The van der Waals surface area contributed by atoms with E-state index in [4.69, 9.17) is 9.97 Å². The summed E-state index contributed by atoms with van der Waals surface area (Å²) < 4.78 is 0. The lowest BCUT2D eigenvalue weighted by atomic mass is 9.91. The third-order valence-electron chi connectivity index (χ3n) is 7.83. The van der Waals surface area contributed by atoms with Crippen molar-refractivity contribution in [3.8, 4) is 33.6 Å². The van der Waals surface area contributed by atoms with E-state index < -0.39 is 0 Å². The van der Waals surface area contributed by atoms with Crippen molar-refractivity contribution in [1.82, 2.24) is 9.97 Å². The van der Waals surface area contributed by atoms with E-state index in [0.717, 1.165) is 55.4 Å². The highest BCUT2D eigenvalue weighted by Gasteiger charge is 2.19. The molecule has 0 unspecified atom stereocenters. The quantitative estimate of drug-likeness (QED) is 0.222. The van der Waals surface area contributed by atoms with Crippen LogP contribution in [0.25, 0.3) is 77.0 Å². The Hall–Kier alpha value is -5.34. The Labute approximate surface area is 232 Å². The Kier molecular flexibility index (Phi) is 5.17. The van der Waals surface area contributed by atoms with Crippen molar-refractivity contribution in [3.05, 3.63) is 146 Å². The highest BCUT2D eigenvalue weighted by molar-refractivity contribution is 6.12. The third kappa shape index (κ3) is 3.65. The number of rotatable bonds is 3. The summed E-state index contributed by atoms with van der Waals surface area (Å²) in [6.07, 6.45) is 0. The molecule has 2 nitrogen and oxygen atoms in total. The highest BCUT2D eigenvalue weighted by Crippen LogP contribution is 2.41. The van der Waals surface area contributed by atoms with Crippen LogP contribution in [0.1, 0.15) is 0 Å². The average Bonchev–Trinajstić information content (AvgIpc) is 3.04. The minimum atomic E-state index is 0.960. The van der Waals surface area contributed by atoms with Gasteiger partial charge in [-0.15, -0.1) is 0 Å². The van der Waals surface area contributed by atoms with Crippen LogP contribution in [0.15, 0.2) is 146 Å². The second-order valence-corrected chi connectivity index (χ2v) is 10.2. The molecule has 186 valence electrons. The molecule has 8 rings (SSSR count). The normalized spacial score (nSPS) is 11.5. The molecular formula is C38H24N2. The van der Waals surface area contributed by atoms with Crippen LogP contribution in [0, 0.1) is 0 Å². The first kappa shape index (κ1) is 22.6. The minimum Gasteiger partial charge on any atom is -0.247 e. The smallest absolute Gasteiger partial charge is 0.0788 e. The molecule has 6 aromatic carbocycles. The van der Waals surface area contributed by atoms with Gasteiger partial charge in [0.25, 0.3) is 0 Å². The first-order valence-electron chi connectivity index (χ1n) is 13.6. The Balaban J connectivity index is 1.55. The monoisotopic (exact) mass is 508 g/mol. The van der Waals surface area contributed by atoms with E-state index in [1.807, 2.05) is 0 Å². The first-order chi connectivity index (χ1) is 19.8. The second kappa shape index (κ2) is 9.14. The summed E-state index contributed by atoms with van der Waals surface area (Å²) in [7, 11) is 0. The molecule has 0 spiro atoms. The van der Waals surface area contributed by atoms with E-state index in [9.17, 15) is 0 Å².